The van der Waals surface area contributed by atoms with Crippen molar-refractivity contribution < 1.29 is 19.7 Å². The molecule has 0 aromatic heterocycles. The molecule has 0 aromatic rings. The van der Waals surface area contributed by atoms with Crippen LogP contribution in [0.2, 0.25) is 0 Å². The Labute approximate surface area is 146 Å². The van der Waals surface area contributed by atoms with Crippen molar-refractivity contribution in [2.45, 2.75) is 77.9 Å². The molecule has 1 aliphatic heterocycles. The first-order valence-corrected chi connectivity index (χ1v) is 9.08. The molecule has 2 N–H and O–H groups in total. The minimum absolute atomic E-state index is 0.0274. The molecule has 0 radical (unpaired) electrons. The topological polar surface area (TPSA) is 66.8 Å². The standard InChI is InChI=1S/C20H34O4/c1-15(2)9-10-18(22)16(3)7-5-12-20(4)19(23)17(11-13-21)8-6-14-24-20/h9,11,16,19,21,23H,5-8,10,12-14H2,1-4H3/t16?,19-,20-/m0/s1. The maximum atomic E-state index is 12.1. The van der Waals surface area contributed by atoms with Gasteiger partial charge in [0.2, 0.25) is 0 Å². The van der Waals surface area contributed by atoms with E-state index in [-0.39, 0.29) is 18.3 Å². The fourth-order valence-electron chi connectivity index (χ4n) is 3.16. The highest BCUT2D eigenvalue weighted by atomic mass is 16.5. The van der Waals surface area contributed by atoms with Gasteiger partial charge in [0.1, 0.15) is 11.9 Å². The highest BCUT2D eigenvalue weighted by Gasteiger charge is 2.37. The van der Waals surface area contributed by atoms with E-state index in [0.29, 0.717) is 19.4 Å². The van der Waals surface area contributed by atoms with Crippen molar-refractivity contribution in [2.75, 3.05) is 13.2 Å². The van der Waals surface area contributed by atoms with Gasteiger partial charge in [-0.2, -0.15) is 0 Å². The minimum atomic E-state index is -0.691. The predicted octanol–water partition coefficient (Wildman–Crippen LogP) is 3.57. The van der Waals surface area contributed by atoms with Crippen LogP contribution in [0.15, 0.2) is 23.3 Å². The minimum Gasteiger partial charge on any atom is -0.392 e. The summed E-state index contributed by atoms with van der Waals surface area (Å²) >= 11 is 0. The number of rotatable bonds is 8. The van der Waals surface area contributed by atoms with E-state index >= 15 is 0 Å². The number of hydrogen-bond donors (Lipinski definition) is 2. The summed E-state index contributed by atoms with van der Waals surface area (Å²) in [5.41, 5.74) is 1.40. The van der Waals surface area contributed by atoms with Crippen LogP contribution in [0.25, 0.3) is 0 Å². The maximum Gasteiger partial charge on any atom is 0.139 e. The molecule has 0 aromatic carbocycles. The number of allylic oxidation sites excluding steroid dienone is 2. The summed E-state index contributed by atoms with van der Waals surface area (Å²) in [6.45, 7) is 8.47. The first-order chi connectivity index (χ1) is 11.3. The monoisotopic (exact) mass is 338 g/mol. The lowest BCUT2D eigenvalue weighted by molar-refractivity contribution is -0.122. The van der Waals surface area contributed by atoms with Crippen molar-refractivity contribution in [2.24, 2.45) is 5.92 Å². The Hall–Kier alpha value is -0.970. The van der Waals surface area contributed by atoms with E-state index in [4.69, 9.17) is 9.84 Å². The number of ether oxygens (including phenoxy) is 1. The zero-order valence-corrected chi connectivity index (χ0v) is 15.7. The lowest BCUT2D eigenvalue weighted by atomic mass is 9.85. The molecule has 0 amide bonds. The lowest BCUT2D eigenvalue weighted by Crippen LogP contribution is -2.42. The van der Waals surface area contributed by atoms with Gasteiger partial charge >= 0.3 is 0 Å². The van der Waals surface area contributed by atoms with Crippen molar-refractivity contribution in [3.63, 3.8) is 0 Å². The van der Waals surface area contributed by atoms with E-state index in [0.717, 1.165) is 31.3 Å². The van der Waals surface area contributed by atoms with Crippen LogP contribution in [0.5, 0.6) is 0 Å². The molecule has 4 heteroatoms. The molecule has 0 spiro atoms. The fourth-order valence-corrected chi connectivity index (χ4v) is 3.16. The van der Waals surface area contributed by atoms with Crippen molar-refractivity contribution in [3.8, 4) is 0 Å². The van der Waals surface area contributed by atoms with Gasteiger partial charge in [0.15, 0.2) is 0 Å². The molecule has 1 saturated heterocycles. The van der Waals surface area contributed by atoms with Crippen molar-refractivity contribution in [3.05, 3.63) is 23.3 Å². The van der Waals surface area contributed by atoms with Gasteiger partial charge in [-0.1, -0.05) is 24.6 Å². The fraction of sp³-hybridized carbons (Fsp3) is 0.750. The molecular formula is C20H34O4. The molecule has 1 unspecified atom stereocenters. The van der Waals surface area contributed by atoms with E-state index < -0.39 is 11.7 Å². The summed E-state index contributed by atoms with van der Waals surface area (Å²) in [4.78, 5) is 12.1. The number of carbonyl (C=O) groups is 1. The van der Waals surface area contributed by atoms with Crippen LogP contribution < -0.4 is 0 Å². The molecule has 0 bridgehead atoms. The van der Waals surface area contributed by atoms with Crippen LogP contribution in [-0.4, -0.2) is 40.9 Å². The van der Waals surface area contributed by atoms with Crippen molar-refractivity contribution in [1.82, 2.24) is 0 Å². The molecule has 1 aliphatic rings. The van der Waals surface area contributed by atoms with Gasteiger partial charge in [0.05, 0.1) is 12.2 Å². The Bertz CT molecular complexity index is 462. The highest BCUT2D eigenvalue weighted by Crippen LogP contribution is 2.33. The molecule has 3 atom stereocenters. The summed E-state index contributed by atoms with van der Waals surface area (Å²) in [5.74, 6) is 0.295. The highest BCUT2D eigenvalue weighted by molar-refractivity contribution is 5.82. The molecule has 24 heavy (non-hydrogen) atoms. The number of aliphatic hydroxyl groups excluding tert-OH is 2. The van der Waals surface area contributed by atoms with Gasteiger partial charge in [-0.3, -0.25) is 4.79 Å². The molecular weight excluding hydrogens is 304 g/mol. The van der Waals surface area contributed by atoms with Gasteiger partial charge in [-0.15, -0.1) is 0 Å². The molecule has 1 heterocycles. The Morgan fingerprint density at radius 1 is 1.46 bits per heavy atom. The summed E-state index contributed by atoms with van der Waals surface area (Å²) in [6, 6.07) is 0. The van der Waals surface area contributed by atoms with Gasteiger partial charge < -0.3 is 14.9 Å². The van der Waals surface area contributed by atoms with E-state index in [9.17, 15) is 9.90 Å². The SMILES string of the molecule is CC(C)=CCC(=O)C(C)CCC[C@]1(C)OCCCC(=CCO)[C@@H]1O. The van der Waals surface area contributed by atoms with Gasteiger partial charge in [-0.05, 0) is 58.4 Å². The van der Waals surface area contributed by atoms with Crippen LogP contribution in [0.1, 0.15) is 66.2 Å². The molecule has 1 fully saturated rings. The van der Waals surface area contributed by atoms with E-state index in [2.05, 4.69) is 0 Å². The largest absolute Gasteiger partial charge is 0.392 e. The number of Topliss-reactive ketones (excluding diaryl/α,β-unsaturated/α-hetero) is 1. The Morgan fingerprint density at radius 3 is 2.79 bits per heavy atom. The number of carbonyl (C=O) groups excluding carboxylic acids is 1. The van der Waals surface area contributed by atoms with E-state index in [1.165, 1.54) is 5.57 Å². The number of ketones is 1. The first kappa shape index (κ1) is 21.1. The summed E-state index contributed by atoms with van der Waals surface area (Å²) < 4.78 is 5.93. The molecule has 138 valence electrons. The molecule has 0 saturated carbocycles. The average molecular weight is 338 g/mol. The number of aliphatic hydroxyl groups is 2. The van der Waals surface area contributed by atoms with Crippen LogP contribution in [0, 0.1) is 5.92 Å². The van der Waals surface area contributed by atoms with Crippen molar-refractivity contribution in [1.29, 1.82) is 0 Å². The molecule has 0 aliphatic carbocycles. The number of hydrogen-bond acceptors (Lipinski definition) is 4. The zero-order chi connectivity index (χ0) is 18.2. The summed E-state index contributed by atoms with van der Waals surface area (Å²) in [7, 11) is 0. The average Bonchev–Trinajstić information content (AvgIpc) is 2.66. The third-order valence-electron chi connectivity index (χ3n) is 4.90. The Morgan fingerprint density at radius 2 is 2.17 bits per heavy atom. The lowest BCUT2D eigenvalue weighted by Gasteiger charge is -2.34. The van der Waals surface area contributed by atoms with Gasteiger partial charge in [0, 0.05) is 18.9 Å². The summed E-state index contributed by atoms with van der Waals surface area (Å²) in [5, 5.41) is 19.8. The Kier molecular flexibility index (Phi) is 8.88. The van der Waals surface area contributed by atoms with Crippen LogP contribution in [0.4, 0.5) is 0 Å². The predicted molar refractivity (Wildman–Crippen MR) is 96.8 cm³/mol. The zero-order valence-electron chi connectivity index (χ0n) is 15.7. The van der Waals surface area contributed by atoms with E-state index in [1.54, 1.807) is 6.08 Å². The maximum absolute atomic E-state index is 12.1. The van der Waals surface area contributed by atoms with Crippen LogP contribution in [0.3, 0.4) is 0 Å². The summed E-state index contributed by atoms with van der Waals surface area (Å²) in [6.07, 6.45) is 7.45. The second kappa shape index (κ2) is 10.1. The molecule has 4 nitrogen and oxygen atoms in total. The molecule has 1 rings (SSSR count). The smallest absolute Gasteiger partial charge is 0.139 e. The third kappa shape index (κ3) is 6.50. The second-order valence-corrected chi connectivity index (χ2v) is 7.37. The van der Waals surface area contributed by atoms with Crippen LogP contribution >= 0.6 is 0 Å². The second-order valence-electron chi connectivity index (χ2n) is 7.37. The van der Waals surface area contributed by atoms with Gasteiger partial charge in [-0.25, -0.2) is 0 Å². The van der Waals surface area contributed by atoms with Gasteiger partial charge in [0.25, 0.3) is 0 Å². The Balaban J connectivity index is 2.56. The quantitative estimate of drug-likeness (QED) is 0.664. The van der Waals surface area contributed by atoms with Crippen molar-refractivity contribution >= 4 is 5.78 Å². The first-order valence-electron chi connectivity index (χ1n) is 9.08. The normalized spacial score (nSPS) is 27.6. The van der Waals surface area contributed by atoms with E-state index in [1.807, 2.05) is 33.8 Å². The van der Waals surface area contributed by atoms with Crippen LogP contribution in [-0.2, 0) is 9.53 Å². The third-order valence-corrected chi connectivity index (χ3v) is 4.90.